The zero-order valence-corrected chi connectivity index (χ0v) is 14.4. The summed E-state index contributed by atoms with van der Waals surface area (Å²) in [5.74, 6) is 0.0158. The second-order valence-electron chi connectivity index (χ2n) is 7.03. The average molecular weight is 347 g/mol. The number of halogens is 1. The molecule has 4 rings (SSSR count). The van der Waals surface area contributed by atoms with Crippen LogP contribution in [0, 0.1) is 0 Å². The molecule has 0 spiro atoms. The topological polar surface area (TPSA) is 74.2 Å². The minimum atomic E-state index is 0.0158. The van der Waals surface area contributed by atoms with E-state index >= 15 is 0 Å². The quantitative estimate of drug-likeness (QED) is 0.797. The number of hydrogen-bond acceptors (Lipinski definition) is 3. The van der Waals surface area contributed by atoms with Gasteiger partial charge in [-0.05, 0) is 37.5 Å². The number of anilines is 1. The van der Waals surface area contributed by atoms with Gasteiger partial charge in [-0.25, -0.2) is 0 Å². The second-order valence-corrected chi connectivity index (χ2v) is 7.46. The van der Waals surface area contributed by atoms with Crippen LogP contribution in [0.4, 0.5) is 5.69 Å². The van der Waals surface area contributed by atoms with Gasteiger partial charge in [0.2, 0.25) is 0 Å². The van der Waals surface area contributed by atoms with Gasteiger partial charge in [0.25, 0.3) is 5.91 Å². The highest BCUT2D eigenvalue weighted by Gasteiger charge is 2.26. The van der Waals surface area contributed by atoms with E-state index in [-0.39, 0.29) is 11.9 Å². The fourth-order valence-electron chi connectivity index (χ4n) is 3.87. The summed E-state index contributed by atoms with van der Waals surface area (Å²) in [6.07, 6.45) is 5.78. The molecule has 5 nitrogen and oxygen atoms in total. The molecule has 1 aliphatic heterocycles. The summed E-state index contributed by atoms with van der Waals surface area (Å²) in [5.41, 5.74) is 8.47. The third kappa shape index (κ3) is 2.98. The Balaban J connectivity index is 1.65. The summed E-state index contributed by atoms with van der Waals surface area (Å²) >= 11 is 6.28. The van der Waals surface area contributed by atoms with E-state index in [2.05, 4.69) is 10.3 Å². The molecule has 1 atom stereocenters. The van der Waals surface area contributed by atoms with Crippen LogP contribution in [-0.2, 0) is 0 Å². The van der Waals surface area contributed by atoms with E-state index in [1.165, 1.54) is 25.7 Å². The first kappa shape index (κ1) is 15.8. The molecule has 0 unspecified atom stereocenters. The van der Waals surface area contributed by atoms with Crippen molar-refractivity contribution in [3.63, 3.8) is 0 Å². The van der Waals surface area contributed by atoms with E-state index in [1.54, 1.807) is 0 Å². The first-order chi connectivity index (χ1) is 11.6. The average Bonchev–Trinajstić information content (AvgIpc) is 3.26. The molecule has 1 aromatic heterocycles. The maximum absolute atomic E-state index is 12.7. The molecule has 2 heterocycles. The zero-order chi connectivity index (χ0) is 16.7. The van der Waals surface area contributed by atoms with E-state index in [1.807, 2.05) is 23.1 Å². The molecule has 1 saturated carbocycles. The van der Waals surface area contributed by atoms with Gasteiger partial charge < -0.3 is 20.9 Å². The van der Waals surface area contributed by atoms with Gasteiger partial charge in [-0.3, -0.25) is 4.79 Å². The molecule has 6 heteroatoms. The highest BCUT2D eigenvalue weighted by molar-refractivity contribution is 6.32. The Kier molecular flexibility index (Phi) is 4.14. The van der Waals surface area contributed by atoms with Crippen molar-refractivity contribution in [3.8, 4) is 0 Å². The molecule has 1 aliphatic carbocycles. The number of amides is 1. The van der Waals surface area contributed by atoms with Crippen LogP contribution in [-0.4, -0.2) is 41.0 Å². The van der Waals surface area contributed by atoms with Gasteiger partial charge in [0.1, 0.15) is 5.69 Å². The number of carbonyl (C=O) groups excluding carboxylic acids is 1. The number of H-pyrrole nitrogens is 1. The van der Waals surface area contributed by atoms with Crippen LogP contribution in [0.15, 0.2) is 18.2 Å². The number of nitrogens with two attached hydrogens (primary N) is 1. The number of nitrogens with zero attached hydrogens (tertiary/aromatic N) is 1. The third-order valence-corrected chi connectivity index (χ3v) is 5.37. The second kappa shape index (κ2) is 6.30. The Bertz CT molecular complexity index is 766. The van der Waals surface area contributed by atoms with Crippen molar-refractivity contribution in [1.82, 2.24) is 9.88 Å². The summed E-state index contributed by atoms with van der Waals surface area (Å²) < 4.78 is 0. The lowest BCUT2D eigenvalue weighted by Crippen LogP contribution is -2.32. The highest BCUT2D eigenvalue weighted by atomic mass is 35.5. The summed E-state index contributed by atoms with van der Waals surface area (Å²) in [5, 5.41) is 5.24. The number of aromatic nitrogens is 1. The Labute approximate surface area is 146 Å². The predicted octanol–water partition coefficient (Wildman–Crippen LogP) is 3.35. The number of rotatable bonds is 3. The lowest BCUT2D eigenvalue weighted by Gasteiger charge is -2.15. The van der Waals surface area contributed by atoms with E-state index < -0.39 is 0 Å². The number of fused-ring (bicyclic) bond motifs is 1. The molecule has 1 amide bonds. The molecule has 0 bridgehead atoms. The predicted molar refractivity (Wildman–Crippen MR) is 97.7 cm³/mol. The molecule has 1 saturated heterocycles. The van der Waals surface area contributed by atoms with Crippen LogP contribution in [0.25, 0.3) is 10.9 Å². The lowest BCUT2D eigenvalue weighted by atomic mass is 10.2. The summed E-state index contributed by atoms with van der Waals surface area (Å²) in [6.45, 7) is 1.35. The van der Waals surface area contributed by atoms with E-state index in [0.717, 1.165) is 29.6 Å². The third-order valence-electron chi connectivity index (χ3n) is 5.15. The van der Waals surface area contributed by atoms with E-state index in [0.29, 0.717) is 23.3 Å². The zero-order valence-electron chi connectivity index (χ0n) is 13.6. The van der Waals surface area contributed by atoms with Crippen molar-refractivity contribution in [2.75, 3.05) is 18.4 Å². The molecule has 128 valence electrons. The molecule has 2 aromatic rings. The minimum absolute atomic E-state index is 0.0158. The number of aromatic amines is 1. The van der Waals surface area contributed by atoms with Gasteiger partial charge in [-0.15, -0.1) is 0 Å². The molecule has 24 heavy (non-hydrogen) atoms. The Morgan fingerprint density at radius 2 is 2.04 bits per heavy atom. The number of carbonyl (C=O) groups is 1. The van der Waals surface area contributed by atoms with Crippen molar-refractivity contribution >= 4 is 34.1 Å². The molecule has 1 aromatic carbocycles. The van der Waals surface area contributed by atoms with Gasteiger partial charge in [-0.1, -0.05) is 24.4 Å². The van der Waals surface area contributed by atoms with Crippen LogP contribution in [0.2, 0.25) is 5.02 Å². The SMILES string of the molecule is N[C@H]1CCN(C(=O)c2cc3cc(Cl)cc(NC4CCCC4)c3[nH]2)C1. The fourth-order valence-corrected chi connectivity index (χ4v) is 4.10. The maximum atomic E-state index is 12.7. The Morgan fingerprint density at radius 1 is 1.25 bits per heavy atom. The molecule has 2 aliphatic rings. The lowest BCUT2D eigenvalue weighted by molar-refractivity contribution is 0.0786. The molecular weight excluding hydrogens is 324 g/mol. The standard InChI is InChI=1S/C18H23ClN4O/c19-12-7-11-8-16(18(24)23-6-5-13(20)10-23)22-17(11)15(9-12)21-14-3-1-2-4-14/h7-9,13-14,21-22H,1-6,10,20H2/t13-/m0/s1. The van der Waals surface area contributed by atoms with Gasteiger partial charge in [0.15, 0.2) is 0 Å². The van der Waals surface area contributed by atoms with Crippen molar-refractivity contribution in [3.05, 3.63) is 28.9 Å². The number of benzene rings is 1. The largest absolute Gasteiger partial charge is 0.381 e. The maximum Gasteiger partial charge on any atom is 0.270 e. The first-order valence-corrected chi connectivity index (χ1v) is 9.11. The van der Waals surface area contributed by atoms with Crippen molar-refractivity contribution in [2.24, 2.45) is 5.73 Å². The normalized spacial score (nSPS) is 21.8. The monoisotopic (exact) mass is 346 g/mol. The van der Waals surface area contributed by atoms with E-state index in [9.17, 15) is 4.79 Å². The van der Waals surface area contributed by atoms with Gasteiger partial charge in [0.05, 0.1) is 11.2 Å². The summed E-state index contributed by atoms with van der Waals surface area (Å²) in [7, 11) is 0. The first-order valence-electron chi connectivity index (χ1n) is 8.74. The summed E-state index contributed by atoms with van der Waals surface area (Å²) in [6, 6.07) is 6.32. The van der Waals surface area contributed by atoms with E-state index in [4.69, 9.17) is 17.3 Å². The van der Waals surface area contributed by atoms with Crippen LogP contribution < -0.4 is 11.1 Å². The van der Waals surface area contributed by atoms with Crippen LogP contribution in [0.5, 0.6) is 0 Å². The van der Waals surface area contributed by atoms with Gasteiger partial charge in [0, 0.05) is 35.6 Å². The Hall–Kier alpha value is -1.72. The van der Waals surface area contributed by atoms with Crippen molar-refractivity contribution < 1.29 is 4.79 Å². The van der Waals surface area contributed by atoms with Gasteiger partial charge in [-0.2, -0.15) is 0 Å². The van der Waals surface area contributed by atoms with Crippen LogP contribution in [0.1, 0.15) is 42.6 Å². The number of likely N-dealkylation sites (tertiary alicyclic amines) is 1. The van der Waals surface area contributed by atoms with Gasteiger partial charge >= 0.3 is 0 Å². The highest BCUT2D eigenvalue weighted by Crippen LogP contribution is 2.31. The van der Waals surface area contributed by atoms with Crippen LogP contribution >= 0.6 is 11.6 Å². The molecule has 0 radical (unpaired) electrons. The summed E-state index contributed by atoms with van der Waals surface area (Å²) in [4.78, 5) is 17.8. The fraction of sp³-hybridized carbons (Fsp3) is 0.500. The molecular formula is C18H23ClN4O. The van der Waals surface area contributed by atoms with Crippen LogP contribution in [0.3, 0.4) is 0 Å². The Morgan fingerprint density at radius 3 is 2.75 bits per heavy atom. The minimum Gasteiger partial charge on any atom is -0.381 e. The number of nitrogens with one attached hydrogen (secondary N) is 2. The molecule has 4 N–H and O–H groups in total. The molecule has 2 fully saturated rings. The van der Waals surface area contributed by atoms with Crippen molar-refractivity contribution in [1.29, 1.82) is 0 Å². The van der Waals surface area contributed by atoms with Crippen molar-refractivity contribution in [2.45, 2.75) is 44.2 Å². The number of hydrogen-bond donors (Lipinski definition) is 3. The smallest absolute Gasteiger partial charge is 0.270 e.